The van der Waals surface area contributed by atoms with E-state index in [4.69, 9.17) is 10.2 Å². The molecule has 0 amide bonds. The van der Waals surface area contributed by atoms with Crippen LogP contribution in [0.15, 0.2) is 23.1 Å². The fourth-order valence-electron chi connectivity index (χ4n) is 3.66. The molecule has 172 valence electrons. The van der Waals surface area contributed by atoms with Crippen molar-refractivity contribution in [3.05, 3.63) is 39.9 Å². The number of carbonyl (C=O) groups is 3. The van der Waals surface area contributed by atoms with Gasteiger partial charge in [-0.1, -0.05) is 0 Å². The molecular weight excluding hydrogens is 425 g/mol. The van der Waals surface area contributed by atoms with E-state index >= 15 is 0 Å². The molecule has 0 aliphatic carbocycles. The number of nitrogens with zero attached hydrogens (tertiary/aromatic N) is 2. The zero-order chi connectivity index (χ0) is 23.4. The molecule has 0 saturated carbocycles. The van der Waals surface area contributed by atoms with E-state index < -0.39 is 35.3 Å². The van der Waals surface area contributed by atoms with E-state index in [9.17, 15) is 23.6 Å². The van der Waals surface area contributed by atoms with Gasteiger partial charge in [0.1, 0.15) is 11.4 Å². The number of aliphatic carboxylic acids is 1. The first-order chi connectivity index (χ1) is 15.2. The molecule has 3 heterocycles. The van der Waals surface area contributed by atoms with Crippen molar-refractivity contribution >= 4 is 34.5 Å². The number of pyridine rings is 1. The molecule has 3 N–H and O–H groups in total. The van der Waals surface area contributed by atoms with Crippen LogP contribution >= 0.6 is 0 Å². The van der Waals surface area contributed by atoms with Crippen LogP contribution in [0.2, 0.25) is 0 Å². The number of anilines is 1. The Morgan fingerprint density at radius 3 is 2.41 bits per heavy atom. The van der Waals surface area contributed by atoms with Gasteiger partial charge in [-0.3, -0.25) is 9.59 Å². The first-order valence-corrected chi connectivity index (χ1v) is 10.2. The quantitative estimate of drug-likeness (QED) is 0.585. The minimum Gasteiger partial charge on any atom is -0.479 e. The second-order valence-electron chi connectivity index (χ2n) is 7.38. The van der Waals surface area contributed by atoms with E-state index in [1.54, 1.807) is 10.6 Å². The van der Waals surface area contributed by atoms with Gasteiger partial charge < -0.3 is 29.7 Å². The molecule has 11 heteroatoms. The van der Waals surface area contributed by atoms with E-state index in [0.717, 1.165) is 19.2 Å². The van der Waals surface area contributed by atoms with Gasteiger partial charge in [0, 0.05) is 57.1 Å². The van der Waals surface area contributed by atoms with Gasteiger partial charge in [0.25, 0.3) is 0 Å². The van der Waals surface area contributed by atoms with Gasteiger partial charge in [-0.25, -0.2) is 14.0 Å². The summed E-state index contributed by atoms with van der Waals surface area (Å²) in [5, 5.41) is 20.7. The number of esters is 1. The summed E-state index contributed by atoms with van der Waals surface area (Å²) in [4.78, 5) is 45.8. The zero-order valence-corrected chi connectivity index (χ0v) is 17.5. The lowest BCUT2D eigenvalue weighted by Gasteiger charge is -2.30. The Kier molecular flexibility index (Phi) is 7.08. The number of aromatic carboxylic acids is 1. The molecule has 2 aromatic rings. The Balaban J connectivity index is 0.000000269. The number of fused-ring (bicyclic) bond motifs is 1. The summed E-state index contributed by atoms with van der Waals surface area (Å²) in [6.45, 7) is 5.26. The van der Waals surface area contributed by atoms with Gasteiger partial charge in [0.2, 0.25) is 5.43 Å². The van der Waals surface area contributed by atoms with Crippen LogP contribution in [0.1, 0.15) is 30.1 Å². The van der Waals surface area contributed by atoms with Gasteiger partial charge in [0.15, 0.2) is 6.10 Å². The van der Waals surface area contributed by atoms with Crippen LogP contribution in [0.25, 0.3) is 10.9 Å². The Morgan fingerprint density at radius 1 is 1.22 bits per heavy atom. The molecule has 1 aromatic heterocycles. The van der Waals surface area contributed by atoms with Gasteiger partial charge in [0.05, 0.1) is 11.2 Å². The lowest BCUT2D eigenvalue weighted by atomic mass is 10.1. The number of aryl methyl sites for hydroxylation is 1. The summed E-state index contributed by atoms with van der Waals surface area (Å²) in [6, 6.07) is 2.81. The van der Waals surface area contributed by atoms with Crippen LogP contribution in [0, 0.1) is 5.82 Å². The topological polar surface area (TPSA) is 138 Å². The predicted molar refractivity (Wildman–Crippen MR) is 113 cm³/mol. The molecule has 1 unspecified atom stereocenters. The SMILES string of the molecule is CCn1cc(C(=O)O)c(=O)c2cc(F)c(N3CCNCC3)cc21.O=C1CCC(C(=O)O)O1. The maximum Gasteiger partial charge on any atom is 0.345 e. The van der Waals surface area contributed by atoms with Crippen molar-refractivity contribution in [2.24, 2.45) is 0 Å². The molecule has 0 spiro atoms. The smallest absolute Gasteiger partial charge is 0.345 e. The third-order valence-electron chi connectivity index (χ3n) is 5.34. The summed E-state index contributed by atoms with van der Waals surface area (Å²) in [6.07, 6.45) is 0.981. The average molecular weight is 449 g/mol. The van der Waals surface area contributed by atoms with Gasteiger partial charge >= 0.3 is 17.9 Å². The number of carbonyl (C=O) groups excluding carboxylic acids is 1. The van der Waals surface area contributed by atoms with Crippen molar-refractivity contribution in [1.82, 2.24) is 9.88 Å². The van der Waals surface area contributed by atoms with Crippen molar-refractivity contribution in [3.63, 3.8) is 0 Å². The minimum atomic E-state index is -1.30. The fourth-order valence-corrected chi connectivity index (χ4v) is 3.66. The number of piperazine rings is 1. The third kappa shape index (κ3) is 4.88. The molecule has 1 aromatic carbocycles. The molecule has 2 aliphatic heterocycles. The standard InChI is InChI=1S/C16H18FN3O3.C5H6O4/c1-2-19-9-11(16(22)23)15(21)10-7-12(17)14(8-13(10)19)20-5-3-18-4-6-20;6-4-2-1-3(9-4)5(7)8/h7-9,18H,2-6H2,1H3,(H,22,23);3H,1-2H2,(H,7,8). The number of aromatic nitrogens is 1. The van der Waals surface area contributed by atoms with Crippen molar-refractivity contribution in [1.29, 1.82) is 0 Å². The third-order valence-corrected chi connectivity index (χ3v) is 5.34. The zero-order valence-electron chi connectivity index (χ0n) is 17.5. The lowest BCUT2D eigenvalue weighted by molar-refractivity contribution is -0.156. The average Bonchev–Trinajstić information content (AvgIpc) is 3.21. The number of hydrogen-bond acceptors (Lipinski definition) is 7. The second-order valence-corrected chi connectivity index (χ2v) is 7.38. The van der Waals surface area contributed by atoms with Crippen molar-refractivity contribution in [3.8, 4) is 0 Å². The fraction of sp³-hybridized carbons (Fsp3) is 0.429. The number of nitrogens with one attached hydrogen (secondary N) is 1. The van der Waals surface area contributed by atoms with Gasteiger partial charge in [-0.05, 0) is 19.1 Å². The van der Waals surface area contributed by atoms with Crippen molar-refractivity contribution in [2.45, 2.75) is 32.4 Å². The van der Waals surface area contributed by atoms with Crippen molar-refractivity contribution in [2.75, 3.05) is 31.1 Å². The number of carboxylic acid groups (broad SMARTS) is 2. The molecule has 1 atom stereocenters. The Hall–Kier alpha value is -3.47. The van der Waals surface area contributed by atoms with Crippen LogP contribution < -0.4 is 15.6 Å². The number of ether oxygens (including phenoxy) is 1. The summed E-state index contributed by atoms with van der Waals surface area (Å²) in [7, 11) is 0. The number of halogens is 1. The van der Waals surface area contributed by atoms with Crippen molar-refractivity contribution < 1.29 is 33.7 Å². The van der Waals surface area contributed by atoms with E-state index in [2.05, 4.69) is 10.1 Å². The van der Waals surface area contributed by atoms with Crippen LogP contribution in [0.4, 0.5) is 10.1 Å². The maximum absolute atomic E-state index is 14.5. The summed E-state index contributed by atoms with van der Waals surface area (Å²) in [5.74, 6) is -3.27. The van der Waals surface area contributed by atoms with Crippen LogP contribution in [-0.4, -0.2) is 65.0 Å². The number of rotatable bonds is 4. The molecular formula is C21H24FN3O7. The predicted octanol–water partition coefficient (Wildman–Crippen LogP) is 1.04. The highest BCUT2D eigenvalue weighted by Crippen LogP contribution is 2.25. The molecule has 10 nitrogen and oxygen atoms in total. The Labute approximate surface area is 182 Å². The van der Waals surface area contributed by atoms with Crippen LogP contribution in [-0.2, 0) is 20.9 Å². The van der Waals surface area contributed by atoms with E-state index in [1.165, 1.54) is 6.20 Å². The minimum absolute atomic E-state index is 0.100. The lowest BCUT2D eigenvalue weighted by Crippen LogP contribution is -2.43. The summed E-state index contributed by atoms with van der Waals surface area (Å²) < 4.78 is 20.6. The molecule has 2 saturated heterocycles. The number of cyclic esters (lactones) is 1. The maximum atomic E-state index is 14.5. The van der Waals surface area contributed by atoms with E-state index in [0.29, 0.717) is 37.3 Å². The molecule has 2 aliphatic rings. The first-order valence-electron chi connectivity index (χ1n) is 10.2. The number of carboxylic acids is 2. The van der Waals surface area contributed by atoms with E-state index in [1.807, 2.05) is 11.8 Å². The van der Waals surface area contributed by atoms with Crippen LogP contribution in [0.3, 0.4) is 0 Å². The van der Waals surface area contributed by atoms with Crippen LogP contribution in [0.5, 0.6) is 0 Å². The molecule has 0 bridgehead atoms. The Bertz CT molecular complexity index is 1110. The number of hydrogen-bond donors (Lipinski definition) is 3. The summed E-state index contributed by atoms with van der Waals surface area (Å²) in [5.41, 5.74) is 0.0118. The summed E-state index contributed by atoms with van der Waals surface area (Å²) >= 11 is 0. The molecule has 2 fully saturated rings. The van der Waals surface area contributed by atoms with Gasteiger partial charge in [-0.2, -0.15) is 0 Å². The molecule has 32 heavy (non-hydrogen) atoms. The second kappa shape index (κ2) is 9.77. The first kappa shape index (κ1) is 23.2. The highest BCUT2D eigenvalue weighted by atomic mass is 19.1. The normalized spacial score (nSPS) is 18.1. The largest absolute Gasteiger partial charge is 0.479 e. The molecule has 4 rings (SSSR count). The monoisotopic (exact) mass is 449 g/mol. The molecule has 0 radical (unpaired) electrons. The van der Waals surface area contributed by atoms with E-state index in [-0.39, 0.29) is 17.4 Å². The van der Waals surface area contributed by atoms with Gasteiger partial charge in [-0.15, -0.1) is 0 Å². The highest BCUT2D eigenvalue weighted by molar-refractivity contribution is 5.93. The highest BCUT2D eigenvalue weighted by Gasteiger charge is 2.29. The number of benzene rings is 1. The Morgan fingerprint density at radius 2 is 1.91 bits per heavy atom.